The van der Waals surface area contributed by atoms with Crippen molar-refractivity contribution in [3.05, 3.63) is 12.4 Å². The van der Waals surface area contributed by atoms with Gasteiger partial charge in [0.25, 0.3) is 0 Å². The summed E-state index contributed by atoms with van der Waals surface area (Å²) in [5, 5.41) is 0. The number of hydrogen-bond donors (Lipinski definition) is 1. The van der Waals surface area contributed by atoms with E-state index in [4.69, 9.17) is 4.74 Å². The van der Waals surface area contributed by atoms with Gasteiger partial charge in [-0.15, -0.1) is 0 Å². The predicted molar refractivity (Wildman–Crippen MR) is 50.8 cm³/mol. The van der Waals surface area contributed by atoms with Gasteiger partial charge < -0.3 is 14.6 Å². The zero-order valence-corrected chi connectivity index (χ0v) is 8.08. The zero-order valence-electron chi connectivity index (χ0n) is 8.08. The van der Waals surface area contributed by atoms with Gasteiger partial charge in [-0.2, -0.15) is 0 Å². The molecule has 0 unspecified atom stereocenters. The second kappa shape index (κ2) is 3.03. The number of rotatable bonds is 3. The van der Waals surface area contributed by atoms with Crippen LogP contribution < -0.4 is 4.90 Å². The zero-order chi connectivity index (χ0) is 9.31. The first-order valence-electron chi connectivity index (χ1n) is 4.62. The van der Waals surface area contributed by atoms with E-state index < -0.39 is 0 Å². The summed E-state index contributed by atoms with van der Waals surface area (Å²) >= 11 is 0. The summed E-state index contributed by atoms with van der Waals surface area (Å²) in [5.41, 5.74) is 0.0293. The third-order valence-corrected chi connectivity index (χ3v) is 2.33. The number of nitrogens with one attached hydrogen (secondary N) is 1. The van der Waals surface area contributed by atoms with Crippen LogP contribution in [0.15, 0.2) is 12.4 Å². The Labute approximate surface area is 77.9 Å². The van der Waals surface area contributed by atoms with Crippen LogP contribution in [0.4, 0.5) is 5.95 Å². The molecule has 1 aromatic heterocycles. The van der Waals surface area contributed by atoms with E-state index in [0.717, 1.165) is 25.6 Å². The van der Waals surface area contributed by atoms with E-state index in [9.17, 15) is 0 Å². The van der Waals surface area contributed by atoms with Gasteiger partial charge in [0.05, 0.1) is 13.1 Å². The van der Waals surface area contributed by atoms with Crippen LogP contribution in [0.5, 0.6) is 0 Å². The molecule has 0 saturated carbocycles. The van der Waals surface area contributed by atoms with Crippen molar-refractivity contribution in [2.45, 2.75) is 19.4 Å². The largest absolute Gasteiger partial charge is 0.372 e. The highest BCUT2D eigenvalue weighted by Crippen LogP contribution is 2.27. The summed E-state index contributed by atoms with van der Waals surface area (Å²) in [5.74, 6) is 0.942. The smallest absolute Gasteiger partial charge is 0.202 e. The number of H-pyrrole nitrogens is 1. The van der Waals surface area contributed by atoms with E-state index in [0.29, 0.717) is 0 Å². The minimum Gasteiger partial charge on any atom is -0.372 e. The Morgan fingerprint density at radius 1 is 1.69 bits per heavy atom. The van der Waals surface area contributed by atoms with Crippen LogP contribution in [0.25, 0.3) is 0 Å². The van der Waals surface area contributed by atoms with Crippen molar-refractivity contribution in [1.82, 2.24) is 9.97 Å². The molecule has 1 aromatic rings. The Bertz CT molecular complexity index is 264. The lowest BCUT2D eigenvalue weighted by Gasteiger charge is -2.47. The van der Waals surface area contributed by atoms with Crippen LogP contribution in [0.3, 0.4) is 0 Å². The maximum absolute atomic E-state index is 5.61. The minimum absolute atomic E-state index is 0.0293. The van der Waals surface area contributed by atoms with Crippen molar-refractivity contribution in [2.24, 2.45) is 0 Å². The van der Waals surface area contributed by atoms with Crippen molar-refractivity contribution in [3.63, 3.8) is 0 Å². The van der Waals surface area contributed by atoms with Crippen molar-refractivity contribution >= 4 is 5.95 Å². The van der Waals surface area contributed by atoms with Crippen molar-refractivity contribution in [2.75, 3.05) is 24.6 Å². The molecule has 0 aromatic carbocycles. The third kappa shape index (κ3) is 1.54. The van der Waals surface area contributed by atoms with Gasteiger partial charge in [0.2, 0.25) is 5.95 Å². The first-order chi connectivity index (χ1) is 6.23. The van der Waals surface area contributed by atoms with Gasteiger partial charge in [0, 0.05) is 19.0 Å². The van der Waals surface area contributed by atoms with Crippen LogP contribution in [0, 0.1) is 0 Å². The number of ether oxygens (including phenoxy) is 1. The molecule has 1 saturated heterocycles. The quantitative estimate of drug-likeness (QED) is 0.757. The Kier molecular flexibility index (Phi) is 2.00. The molecule has 2 heterocycles. The highest BCUT2D eigenvalue weighted by atomic mass is 16.5. The molecular weight excluding hydrogens is 166 g/mol. The van der Waals surface area contributed by atoms with Crippen molar-refractivity contribution in [1.29, 1.82) is 0 Å². The van der Waals surface area contributed by atoms with E-state index in [-0.39, 0.29) is 5.60 Å². The van der Waals surface area contributed by atoms with Gasteiger partial charge >= 0.3 is 0 Å². The van der Waals surface area contributed by atoms with Crippen molar-refractivity contribution in [3.8, 4) is 0 Å². The molecule has 0 aliphatic carbocycles. The first-order valence-corrected chi connectivity index (χ1v) is 4.62. The number of imidazole rings is 1. The number of nitrogens with zero attached hydrogens (tertiary/aromatic N) is 2. The van der Waals surface area contributed by atoms with E-state index in [1.54, 1.807) is 6.20 Å². The Balaban J connectivity index is 1.91. The third-order valence-electron chi connectivity index (χ3n) is 2.33. The molecule has 72 valence electrons. The van der Waals surface area contributed by atoms with Crippen LogP contribution in [-0.4, -0.2) is 35.3 Å². The Hall–Kier alpha value is -1.03. The van der Waals surface area contributed by atoms with Crippen LogP contribution in [0.2, 0.25) is 0 Å². The molecule has 1 N–H and O–H groups in total. The fraction of sp³-hybridized carbons (Fsp3) is 0.667. The van der Waals surface area contributed by atoms with Gasteiger partial charge in [0.15, 0.2) is 0 Å². The summed E-state index contributed by atoms with van der Waals surface area (Å²) in [7, 11) is 0. The minimum atomic E-state index is 0.0293. The number of aromatic amines is 1. The first kappa shape index (κ1) is 8.56. The molecule has 0 amide bonds. The molecule has 1 aliphatic heterocycles. The molecule has 0 bridgehead atoms. The molecule has 4 heteroatoms. The molecule has 13 heavy (non-hydrogen) atoms. The van der Waals surface area contributed by atoms with Crippen LogP contribution in [-0.2, 0) is 4.74 Å². The van der Waals surface area contributed by atoms with Gasteiger partial charge in [-0.1, -0.05) is 0 Å². The molecular formula is C9H15N3O. The lowest BCUT2D eigenvalue weighted by molar-refractivity contribution is -0.0451. The highest BCUT2D eigenvalue weighted by Gasteiger charge is 2.40. The van der Waals surface area contributed by atoms with Gasteiger partial charge in [-0.05, 0) is 13.8 Å². The summed E-state index contributed by atoms with van der Waals surface area (Å²) in [4.78, 5) is 9.43. The van der Waals surface area contributed by atoms with Crippen LogP contribution in [0.1, 0.15) is 13.8 Å². The normalized spacial score (nSPS) is 20.0. The SMILES string of the molecule is CCOC1(C)CN(c2ncc[nH]2)C1. The molecule has 0 atom stereocenters. The Morgan fingerprint density at radius 2 is 2.46 bits per heavy atom. The lowest BCUT2D eigenvalue weighted by atomic mass is 9.97. The average Bonchev–Trinajstić information content (AvgIpc) is 2.52. The standard InChI is InChI=1S/C9H15N3O/c1-3-13-9(2)6-12(7-9)8-10-4-5-11-8/h4-5H,3,6-7H2,1-2H3,(H,10,11). The molecule has 1 aliphatic rings. The molecule has 1 fully saturated rings. The molecule has 2 rings (SSSR count). The van der Waals surface area contributed by atoms with E-state index in [1.165, 1.54) is 0 Å². The summed E-state index contributed by atoms with van der Waals surface area (Å²) in [6, 6.07) is 0. The van der Waals surface area contributed by atoms with E-state index in [2.05, 4.69) is 21.8 Å². The van der Waals surface area contributed by atoms with Gasteiger partial charge in [-0.3, -0.25) is 0 Å². The summed E-state index contributed by atoms with van der Waals surface area (Å²) < 4.78 is 5.61. The predicted octanol–water partition coefficient (Wildman–Crippen LogP) is 1.02. The number of anilines is 1. The number of aromatic nitrogens is 2. The van der Waals surface area contributed by atoms with Gasteiger partial charge in [-0.25, -0.2) is 4.98 Å². The molecule has 4 nitrogen and oxygen atoms in total. The summed E-state index contributed by atoms with van der Waals surface area (Å²) in [6.45, 7) is 6.79. The molecule has 0 spiro atoms. The average molecular weight is 181 g/mol. The maximum atomic E-state index is 5.61. The fourth-order valence-corrected chi connectivity index (χ4v) is 1.78. The Morgan fingerprint density at radius 3 is 3.00 bits per heavy atom. The monoisotopic (exact) mass is 181 g/mol. The topological polar surface area (TPSA) is 41.1 Å². The second-order valence-electron chi connectivity index (χ2n) is 3.65. The highest BCUT2D eigenvalue weighted by molar-refractivity contribution is 5.36. The fourth-order valence-electron chi connectivity index (χ4n) is 1.78. The van der Waals surface area contributed by atoms with Crippen molar-refractivity contribution < 1.29 is 4.74 Å². The van der Waals surface area contributed by atoms with E-state index in [1.807, 2.05) is 13.1 Å². The summed E-state index contributed by atoms with van der Waals surface area (Å²) in [6.07, 6.45) is 3.61. The maximum Gasteiger partial charge on any atom is 0.202 e. The van der Waals surface area contributed by atoms with E-state index >= 15 is 0 Å². The molecule has 0 radical (unpaired) electrons. The second-order valence-corrected chi connectivity index (χ2v) is 3.65. The lowest BCUT2D eigenvalue weighted by Crippen LogP contribution is -2.62. The van der Waals surface area contributed by atoms with Gasteiger partial charge in [0.1, 0.15) is 5.60 Å². The number of hydrogen-bond acceptors (Lipinski definition) is 3. The van der Waals surface area contributed by atoms with Crippen LogP contribution >= 0.6 is 0 Å².